The minimum Gasteiger partial charge on any atom is -0.341 e. The van der Waals surface area contributed by atoms with Gasteiger partial charge in [0.15, 0.2) is 0 Å². The van der Waals surface area contributed by atoms with Gasteiger partial charge in [-0.2, -0.15) is 0 Å². The summed E-state index contributed by atoms with van der Waals surface area (Å²) < 4.78 is 0. The van der Waals surface area contributed by atoms with Crippen molar-refractivity contribution in [2.75, 3.05) is 26.2 Å². The first-order valence-corrected chi connectivity index (χ1v) is 8.60. The summed E-state index contributed by atoms with van der Waals surface area (Å²) in [4.78, 5) is 17.6. The van der Waals surface area contributed by atoms with Crippen LogP contribution in [0.4, 0.5) is 0 Å². The van der Waals surface area contributed by atoms with E-state index in [9.17, 15) is 0 Å². The molecule has 1 saturated heterocycles. The lowest BCUT2D eigenvalue weighted by Gasteiger charge is -2.37. The van der Waals surface area contributed by atoms with Crippen LogP contribution in [0.25, 0.3) is 11.0 Å². The molecule has 24 heavy (non-hydrogen) atoms. The number of H-pyrrole nitrogens is 1. The highest BCUT2D eigenvalue weighted by molar-refractivity contribution is 5.74. The second-order valence-corrected chi connectivity index (χ2v) is 6.44. The van der Waals surface area contributed by atoms with Crippen molar-refractivity contribution in [2.45, 2.75) is 19.5 Å². The Morgan fingerprint density at radius 3 is 2.58 bits per heavy atom. The summed E-state index contributed by atoms with van der Waals surface area (Å²) in [5.41, 5.74) is 3.33. The number of aromatic nitrogens is 3. The molecular formula is C19H23N5. The maximum Gasteiger partial charge on any atom is 0.121 e. The number of nitrogens with zero attached hydrogens (tertiary/aromatic N) is 4. The highest BCUT2D eigenvalue weighted by Crippen LogP contribution is 2.20. The molecule has 4 rings (SSSR count). The Morgan fingerprint density at radius 1 is 1.04 bits per heavy atom. The highest BCUT2D eigenvalue weighted by Gasteiger charge is 2.23. The van der Waals surface area contributed by atoms with Crippen molar-refractivity contribution in [3.05, 3.63) is 60.2 Å². The number of para-hydroxylation sites is 2. The number of benzene rings is 1. The van der Waals surface area contributed by atoms with E-state index in [-0.39, 0.29) is 0 Å². The molecular weight excluding hydrogens is 298 g/mol. The molecule has 5 nitrogen and oxygen atoms in total. The monoisotopic (exact) mass is 321 g/mol. The maximum absolute atomic E-state index is 4.69. The molecule has 124 valence electrons. The molecule has 1 aliphatic heterocycles. The van der Waals surface area contributed by atoms with Gasteiger partial charge in [-0.15, -0.1) is 0 Å². The molecule has 3 aromatic rings. The van der Waals surface area contributed by atoms with Gasteiger partial charge in [-0.05, 0) is 31.2 Å². The van der Waals surface area contributed by atoms with Crippen molar-refractivity contribution in [3.63, 3.8) is 0 Å². The predicted octanol–water partition coefficient (Wildman–Crippen LogP) is 2.84. The number of imidazole rings is 1. The van der Waals surface area contributed by atoms with E-state index in [0.29, 0.717) is 6.04 Å². The molecule has 1 aliphatic rings. The van der Waals surface area contributed by atoms with E-state index in [1.165, 1.54) is 0 Å². The van der Waals surface area contributed by atoms with Gasteiger partial charge in [-0.1, -0.05) is 18.2 Å². The fourth-order valence-corrected chi connectivity index (χ4v) is 3.41. The Hall–Kier alpha value is -2.24. The third kappa shape index (κ3) is 3.18. The Labute approximate surface area is 142 Å². The van der Waals surface area contributed by atoms with Crippen LogP contribution in [0.3, 0.4) is 0 Å². The average Bonchev–Trinajstić information content (AvgIpc) is 3.05. The van der Waals surface area contributed by atoms with Gasteiger partial charge in [0.1, 0.15) is 5.82 Å². The van der Waals surface area contributed by atoms with Gasteiger partial charge in [0, 0.05) is 38.4 Å². The zero-order valence-electron chi connectivity index (χ0n) is 14.0. The molecule has 5 heteroatoms. The van der Waals surface area contributed by atoms with Gasteiger partial charge < -0.3 is 4.98 Å². The molecule has 1 N–H and O–H groups in total. The van der Waals surface area contributed by atoms with Crippen LogP contribution in [0.2, 0.25) is 0 Å². The van der Waals surface area contributed by atoms with Crippen molar-refractivity contribution in [2.24, 2.45) is 0 Å². The molecule has 3 heterocycles. The summed E-state index contributed by atoms with van der Waals surface area (Å²) in [6.07, 6.45) is 1.88. The normalized spacial score (nSPS) is 18.0. The second-order valence-electron chi connectivity index (χ2n) is 6.44. The third-order valence-corrected chi connectivity index (χ3v) is 4.88. The number of hydrogen-bond acceptors (Lipinski definition) is 4. The van der Waals surface area contributed by atoms with Gasteiger partial charge in [0.2, 0.25) is 0 Å². The number of rotatable bonds is 4. The SMILES string of the molecule is C[C@H](c1ccccn1)N1CCN(Cc2nc3ccccc3[nH]2)CC1. The summed E-state index contributed by atoms with van der Waals surface area (Å²) >= 11 is 0. The molecule has 1 fully saturated rings. The lowest BCUT2D eigenvalue weighted by molar-refractivity contribution is 0.0950. The number of fused-ring (bicyclic) bond motifs is 1. The molecule has 1 aromatic carbocycles. The molecule has 0 radical (unpaired) electrons. The van der Waals surface area contributed by atoms with Crippen molar-refractivity contribution in [1.29, 1.82) is 0 Å². The maximum atomic E-state index is 4.69. The smallest absolute Gasteiger partial charge is 0.121 e. The van der Waals surface area contributed by atoms with E-state index in [0.717, 1.165) is 55.3 Å². The Kier molecular flexibility index (Phi) is 4.28. The summed E-state index contributed by atoms with van der Waals surface area (Å²) in [5, 5.41) is 0. The zero-order chi connectivity index (χ0) is 16.4. The highest BCUT2D eigenvalue weighted by atomic mass is 15.3. The lowest BCUT2D eigenvalue weighted by atomic mass is 10.1. The largest absolute Gasteiger partial charge is 0.341 e. The van der Waals surface area contributed by atoms with Crippen LogP contribution in [0.1, 0.15) is 24.5 Å². The second kappa shape index (κ2) is 6.71. The van der Waals surface area contributed by atoms with E-state index in [4.69, 9.17) is 0 Å². The minimum atomic E-state index is 0.375. The van der Waals surface area contributed by atoms with Crippen LogP contribution in [0.5, 0.6) is 0 Å². The molecule has 0 aliphatic carbocycles. The fourth-order valence-electron chi connectivity index (χ4n) is 3.41. The molecule has 0 bridgehead atoms. The quantitative estimate of drug-likeness (QED) is 0.803. The van der Waals surface area contributed by atoms with Crippen molar-refractivity contribution < 1.29 is 0 Å². The number of aromatic amines is 1. The number of piperazine rings is 1. The van der Waals surface area contributed by atoms with Crippen LogP contribution >= 0.6 is 0 Å². The van der Waals surface area contributed by atoms with E-state index >= 15 is 0 Å². The van der Waals surface area contributed by atoms with Gasteiger partial charge in [-0.3, -0.25) is 14.8 Å². The van der Waals surface area contributed by atoms with Crippen molar-refractivity contribution in [1.82, 2.24) is 24.8 Å². The van der Waals surface area contributed by atoms with Crippen LogP contribution in [0, 0.1) is 0 Å². The van der Waals surface area contributed by atoms with E-state index in [1.54, 1.807) is 0 Å². The van der Waals surface area contributed by atoms with E-state index in [1.807, 2.05) is 24.4 Å². The Bertz CT molecular complexity index is 757. The lowest BCUT2D eigenvalue weighted by Crippen LogP contribution is -2.46. The van der Waals surface area contributed by atoms with E-state index in [2.05, 4.69) is 55.9 Å². The molecule has 0 unspecified atom stereocenters. The number of nitrogens with one attached hydrogen (secondary N) is 1. The van der Waals surface area contributed by atoms with Crippen molar-refractivity contribution in [3.8, 4) is 0 Å². The molecule has 0 amide bonds. The first-order chi connectivity index (χ1) is 11.8. The van der Waals surface area contributed by atoms with Gasteiger partial charge in [0.05, 0.1) is 23.3 Å². The number of hydrogen-bond donors (Lipinski definition) is 1. The van der Waals surface area contributed by atoms with Gasteiger partial charge >= 0.3 is 0 Å². The third-order valence-electron chi connectivity index (χ3n) is 4.88. The summed E-state index contributed by atoms with van der Waals surface area (Å²) in [7, 11) is 0. The number of pyridine rings is 1. The zero-order valence-corrected chi connectivity index (χ0v) is 14.0. The Balaban J connectivity index is 1.36. The first kappa shape index (κ1) is 15.3. The average molecular weight is 321 g/mol. The first-order valence-electron chi connectivity index (χ1n) is 8.60. The Morgan fingerprint density at radius 2 is 1.83 bits per heavy atom. The van der Waals surface area contributed by atoms with Crippen LogP contribution in [0.15, 0.2) is 48.7 Å². The topological polar surface area (TPSA) is 48.1 Å². The van der Waals surface area contributed by atoms with Gasteiger partial charge in [0.25, 0.3) is 0 Å². The summed E-state index contributed by atoms with van der Waals surface area (Å²) in [6, 6.07) is 14.7. The van der Waals surface area contributed by atoms with Crippen LogP contribution in [-0.2, 0) is 6.54 Å². The standard InChI is InChI=1S/C19H23N5/c1-15(16-6-4-5-9-20-16)24-12-10-23(11-13-24)14-19-21-17-7-2-3-8-18(17)22-19/h2-9,15H,10-14H2,1H3,(H,21,22)/t15-/m1/s1. The summed E-state index contributed by atoms with van der Waals surface area (Å²) in [5.74, 6) is 1.06. The molecule has 0 spiro atoms. The van der Waals surface area contributed by atoms with Crippen LogP contribution in [-0.4, -0.2) is 50.9 Å². The minimum absolute atomic E-state index is 0.375. The van der Waals surface area contributed by atoms with E-state index < -0.39 is 0 Å². The fraction of sp³-hybridized carbons (Fsp3) is 0.368. The van der Waals surface area contributed by atoms with Crippen LogP contribution < -0.4 is 0 Å². The molecule has 0 saturated carbocycles. The molecule has 2 aromatic heterocycles. The summed E-state index contributed by atoms with van der Waals surface area (Å²) in [6.45, 7) is 7.40. The molecule has 1 atom stereocenters. The van der Waals surface area contributed by atoms with Gasteiger partial charge in [-0.25, -0.2) is 4.98 Å². The predicted molar refractivity (Wildman–Crippen MR) is 95.6 cm³/mol. The van der Waals surface area contributed by atoms with Crippen molar-refractivity contribution >= 4 is 11.0 Å².